The molecular weight excluding hydrogens is 498 g/mol. The quantitative estimate of drug-likeness (QED) is 0.439. The Balaban J connectivity index is 1.48. The molecule has 1 aliphatic heterocycles. The van der Waals surface area contributed by atoms with E-state index in [-0.39, 0.29) is 23.9 Å². The van der Waals surface area contributed by atoms with Crippen LogP contribution in [-0.4, -0.2) is 63.4 Å². The van der Waals surface area contributed by atoms with E-state index in [4.69, 9.17) is 16.3 Å². The molecule has 0 aliphatic carbocycles. The third-order valence-corrected chi connectivity index (χ3v) is 8.33. The van der Waals surface area contributed by atoms with Crippen molar-refractivity contribution in [2.24, 2.45) is 0 Å². The summed E-state index contributed by atoms with van der Waals surface area (Å²) < 4.78 is 33.5. The van der Waals surface area contributed by atoms with Gasteiger partial charge in [0.15, 0.2) is 0 Å². The second-order valence-corrected chi connectivity index (χ2v) is 11.2. The largest absolute Gasteiger partial charge is 0.497 e. The monoisotopic (exact) mass is 527 g/mol. The molecule has 36 heavy (non-hydrogen) atoms. The summed E-state index contributed by atoms with van der Waals surface area (Å²) in [5.74, 6) is 0.573. The van der Waals surface area contributed by atoms with Crippen molar-refractivity contribution in [1.29, 1.82) is 0 Å². The van der Waals surface area contributed by atoms with E-state index in [9.17, 15) is 13.2 Å². The average Bonchev–Trinajstić information content (AvgIpc) is 2.89. The molecule has 7 nitrogen and oxygen atoms in total. The van der Waals surface area contributed by atoms with Gasteiger partial charge in [-0.25, -0.2) is 8.42 Å². The highest BCUT2D eigenvalue weighted by Gasteiger charge is 2.30. The molecule has 1 heterocycles. The van der Waals surface area contributed by atoms with Crippen LogP contribution in [0.25, 0.3) is 0 Å². The Morgan fingerprint density at radius 3 is 2.25 bits per heavy atom. The first-order chi connectivity index (χ1) is 17.3. The highest BCUT2D eigenvalue weighted by Crippen LogP contribution is 2.23. The van der Waals surface area contributed by atoms with Gasteiger partial charge in [0.1, 0.15) is 5.75 Å². The lowest BCUT2D eigenvalue weighted by Crippen LogP contribution is -2.51. The van der Waals surface area contributed by atoms with Gasteiger partial charge < -0.3 is 14.5 Å². The van der Waals surface area contributed by atoms with Gasteiger partial charge in [-0.2, -0.15) is 4.31 Å². The van der Waals surface area contributed by atoms with Crippen molar-refractivity contribution in [3.63, 3.8) is 0 Å². The van der Waals surface area contributed by atoms with E-state index < -0.39 is 10.0 Å². The maximum atomic E-state index is 13.5. The number of hydrogen-bond donors (Lipinski definition) is 0. The molecule has 0 radical (unpaired) electrons. The molecule has 1 fully saturated rings. The van der Waals surface area contributed by atoms with Crippen LogP contribution < -0.4 is 9.64 Å². The molecule has 0 saturated carbocycles. The predicted octanol–water partition coefficient (Wildman–Crippen LogP) is 4.20. The number of hydrogen-bond acceptors (Lipinski definition) is 5. The highest BCUT2D eigenvalue weighted by molar-refractivity contribution is 7.89. The van der Waals surface area contributed by atoms with Gasteiger partial charge in [-0.15, -0.1) is 0 Å². The Labute approximate surface area is 217 Å². The van der Waals surface area contributed by atoms with E-state index in [0.717, 1.165) is 22.6 Å². The van der Waals surface area contributed by atoms with E-state index in [0.29, 0.717) is 31.2 Å². The molecule has 3 aromatic carbocycles. The van der Waals surface area contributed by atoms with E-state index >= 15 is 0 Å². The Hall–Kier alpha value is -3.07. The Bertz CT molecular complexity index is 1290. The number of sulfonamides is 1. The van der Waals surface area contributed by atoms with Crippen molar-refractivity contribution in [3.8, 4) is 5.75 Å². The smallest absolute Gasteiger partial charge is 0.243 e. The summed E-state index contributed by atoms with van der Waals surface area (Å²) in [6.45, 7) is 4.06. The van der Waals surface area contributed by atoms with E-state index in [1.165, 1.54) is 4.31 Å². The molecular formula is C27H30ClN3O4S. The number of carbonyl (C=O) groups excluding carboxylic acids is 1. The first kappa shape index (κ1) is 26.0. The van der Waals surface area contributed by atoms with E-state index in [1.807, 2.05) is 37.3 Å². The molecule has 9 heteroatoms. The molecule has 0 N–H and O–H groups in total. The summed E-state index contributed by atoms with van der Waals surface area (Å²) in [7, 11) is -2.27. The number of aryl methyl sites for hydroxylation is 1. The summed E-state index contributed by atoms with van der Waals surface area (Å²) in [6, 6.07) is 21.5. The van der Waals surface area contributed by atoms with Gasteiger partial charge in [-0.1, -0.05) is 41.4 Å². The number of anilines is 1. The molecule has 0 atom stereocenters. The molecule has 3 aromatic rings. The Morgan fingerprint density at radius 1 is 0.972 bits per heavy atom. The third-order valence-electron chi connectivity index (χ3n) is 6.29. The zero-order chi connectivity index (χ0) is 25.7. The fraction of sp³-hybridized carbons (Fsp3) is 0.296. The number of benzene rings is 3. The minimum Gasteiger partial charge on any atom is -0.497 e. The summed E-state index contributed by atoms with van der Waals surface area (Å²) in [5.41, 5.74) is 2.74. The van der Waals surface area contributed by atoms with Crippen molar-refractivity contribution in [2.45, 2.75) is 18.4 Å². The van der Waals surface area contributed by atoms with E-state index in [2.05, 4.69) is 4.90 Å². The number of rotatable bonds is 8. The molecule has 0 spiro atoms. The first-order valence-corrected chi connectivity index (χ1v) is 13.6. The Kier molecular flexibility index (Phi) is 8.18. The lowest BCUT2D eigenvalue weighted by atomic mass is 10.2. The molecule has 1 aliphatic rings. The standard InChI is InChI=1S/C27H30ClN3O4S/c1-21-6-12-26(13-7-21)36(33,34)31(19-22-4-3-5-23(28)18-22)20-27(32)30-16-14-29(15-17-30)24-8-10-25(35-2)11-9-24/h3-13,18H,14-17,19-20H2,1-2H3. The maximum absolute atomic E-state index is 13.5. The molecule has 4 rings (SSSR count). The number of nitrogens with zero attached hydrogens (tertiary/aromatic N) is 3. The minimum atomic E-state index is -3.90. The van der Waals surface area contributed by atoms with Gasteiger partial charge in [0, 0.05) is 43.4 Å². The van der Waals surface area contributed by atoms with Gasteiger partial charge in [-0.05, 0) is 61.0 Å². The normalized spacial score (nSPS) is 14.2. The highest BCUT2D eigenvalue weighted by atomic mass is 35.5. The zero-order valence-corrected chi connectivity index (χ0v) is 22.0. The average molecular weight is 528 g/mol. The fourth-order valence-electron chi connectivity index (χ4n) is 4.18. The summed E-state index contributed by atoms with van der Waals surface area (Å²) in [6.07, 6.45) is 0. The van der Waals surface area contributed by atoms with Crippen LogP contribution in [0.5, 0.6) is 5.75 Å². The van der Waals surface area contributed by atoms with Crippen LogP contribution in [0.1, 0.15) is 11.1 Å². The van der Waals surface area contributed by atoms with Crippen LogP contribution in [-0.2, 0) is 21.4 Å². The molecule has 0 aromatic heterocycles. The maximum Gasteiger partial charge on any atom is 0.243 e. The van der Waals surface area contributed by atoms with Gasteiger partial charge in [-0.3, -0.25) is 4.79 Å². The van der Waals surface area contributed by atoms with Gasteiger partial charge >= 0.3 is 0 Å². The fourth-order valence-corrected chi connectivity index (χ4v) is 5.77. The van der Waals surface area contributed by atoms with Crippen LogP contribution in [0, 0.1) is 6.92 Å². The SMILES string of the molecule is COc1ccc(N2CCN(C(=O)CN(Cc3cccc(Cl)c3)S(=O)(=O)c3ccc(C)cc3)CC2)cc1. The van der Waals surface area contributed by atoms with E-state index in [1.54, 1.807) is 54.5 Å². The third kappa shape index (κ3) is 6.19. The van der Waals surface area contributed by atoms with Crippen LogP contribution in [0.2, 0.25) is 5.02 Å². The van der Waals surface area contributed by atoms with Crippen LogP contribution >= 0.6 is 11.6 Å². The summed E-state index contributed by atoms with van der Waals surface area (Å²) in [4.78, 5) is 17.4. The number of carbonyl (C=O) groups is 1. The van der Waals surface area contributed by atoms with Crippen LogP contribution in [0.3, 0.4) is 0 Å². The number of ether oxygens (including phenoxy) is 1. The molecule has 0 unspecified atom stereocenters. The number of amides is 1. The van der Waals surface area contributed by atoms with Crippen molar-refractivity contribution in [2.75, 3.05) is 44.7 Å². The lowest BCUT2D eigenvalue weighted by molar-refractivity contribution is -0.131. The molecule has 1 amide bonds. The van der Waals surface area contributed by atoms with Crippen molar-refractivity contribution < 1.29 is 17.9 Å². The van der Waals surface area contributed by atoms with Crippen molar-refractivity contribution in [1.82, 2.24) is 9.21 Å². The van der Waals surface area contributed by atoms with Crippen molar-refractivity contribution >= 4 is 33.2 Å². The summed E-state index contributed by atoms with van der Waals surface area (Å²) >= 11 is 6.13. The van der Waals surface area contributed by atoms with Gasteiger partial charge in [0.25, 0.3) is 0 Å². The second kappa shape index (κ2) is 11.3. The number of piperazine rings is 1. The van der Waals surface area contributed by atoms with Crippen LogP contribution in [0.15, 0.2) is 77.7 Å². The number of halogens is 1. The second-order valence-electron chi connectivity index (χ2n) is 8.78. The van der Waals surface area contributed by atoms with Gasteiger partial charge in [0.05, 0.1) is 18.6 Å². The van der Waals surface area contributed by atoms with Gasteiger partial charge in [0.2, 0.25) is 15.9 Å². The Morgan fingerprint density at radius 2 is 1.64 bits per heavy atom. The van der Waals surface area contributed by atoms with Crippen LogP contribution in [0.4, 0.5) is 5.69 Å². The zero-order valence-electron chi connectivity index (χ0n) is 20.4. The number of methoxy groups -OCH3 is 1. The first-order valence-electron chi connectivity index (χ1n) is 11.7. The topological polar surface area (TPSA) is 70.2 Å². The summed E-state index contributed by atoms with van der Waals surface area (Å²) in [5, 5.41) is 0.515. The lowest BCUT2D eigenvalue weighted by Gasteiger charge is -2.37. The minimum absolute atomic E-state index is 0.0499. The molecule has 1 saturated heterocycles. The molecule has 190 valence electrons. The predicted molar refractivity (Wildman–Crippen MR) is 142 cm³/mol. The molecule has 0 bridgehead atoms. The van der Waals surface area contributed by atoms with Crippen molar-refractivity contribution in [3.05, 3.63) is 88.9 Å².